The minimum atomic E-state index is -2.92. The highest BCUT2D eigenvalue weighted by atomic mass is 35.5. The van der Waals surface area contributed by atoms with E-state index in [4.69, 9.17) is 11.6 Å². The third-order valence-electron chi connectivity index (χ3n) is 2.14. The van der Waals surface area contributed by atoms with Gasteiger partial charge in [-0.15, -0.1) is 11.6 Å². The van der Waals surface area contributed by atoms with Crippen molar-refractivity contribution in [3.63, 3.8) is 0 Å². The predicted molar refractivity (Wildman–Crippen MR) is 59.0 cm³/mol. The molecule has 0 N–H and O–H groups in total. The van der Waals surface area contributed by atoms with Crippen LogP contribution in [0, 0.1) is 5.82 Å². The van der Waals surface area contributed by atoms with Gasteiger partial charge in [-0.2, -0.15) is 0 Å². The summed E-state index contributed by atoms with van der Waals surface area (Å²) in [6, 6.07) is 0.657. The lowest BCUT2D eigenvalue weighted by Gasteiger charge is -2.10. The molecule has 0 radical (unpaired) electrons. The lowest BCUT2D eigenvalue weighted by atomic mass is 10.1. The van der Waals surface area contributed by atoms with Gasteiger partial charge in [0.2, 0.25) is 0 Å². The number of rotatable bonds is 5. The number of aromatic nitrogens is 1. The standard InChI is InChI=1S/C11H11ClF3NO2/c1-2-18-10(17)4-8-6(11(14)15)3-7(13)9(5-12)16-8/h3,11H,2,4-5H2,1H3. The fourth-order valence-electron chi connectivity index (χ4n) is 1.36. The summed E-state index contributed by atoms with van der Waals surface area (Å²) in [5.41, 5.74) is -0.990. The first kappa shape index (κ1) is 14.8. The van der Waals surface area contributed by atoms with E-state index in [9.17, 15) is 18.0 Å². The molecule has 1 aromatic rings. The Bertz CT molecular complexity index is 441. The highest BCUT2D eigenvalue weighted by Gasteiger charge is 2.20. The summed E-state index contributed by atoms with van der Waals surface area (Å²) in [4.78, 5) is 14.9. The van der Waals surface area contributed by atoms with E-state index in [1.807, 2.05) is 0 Å². The number of carbonyl (C=O) groups excluding carboxylic acids is 1. The van der Waals surface area contributed by atoms with Crippen LogP contribution in [-0.2, 0) is 21.8 Å². The number of pyridine rings is 1. The highest BCUT2D eigenvalue weighted by Crippen LogP contribution is 2.25. The summed E-state index contributed by atoms with van der Waals surface area (Å²) in [6.07, 6.45) is -3.35. The largest absolute Gasteiger partial charge is 0.466 e. The smallest absolute Gasteiger partial charge is 0.311 e. The summed E-state index contributed by atoms with van der Waals surface area (Å²) < 4.78 is 43.3. The van der Waals surface area contributed by atoms with E-state index in [0.29, 0.717) is 6.07 Å². The van der Waals surface area contributed by atoms with Crippen molar-refractivity contribution in [3.8, 4) is 0 Å². The van der Waals surface area contributed by atoms with Crippen LogP contribution in [0.15, 0.2) is 6.07 Å². The monoisotopic (exact) mass is 281 g/mol. The maximum absolute atomic E-state index is 13.3. The molecule has 0 amide bonds. The normalized spacial score (nSPS) is 10.8. The van der Waals surface area contributed by atoms with Crippen LogP contribution < -0.4 is 0 Å². The Morgan fingerprint density at radius 3 is 2.67 bits per heavy atom. The average Bonchev–Trinajstić information content (AvgIpc) is 2.30. The molecular formula is C11H11ClF3NO2. The van der Waals surface area contributed by atoms with Crippen molar-refractivity contribution in [2.45, 2.75) is 25.7 Å². The molecule has 0 spiro atoms. The molecule has 0 saturated heterocycles. The number of halogens is 4. The zero-order chi connectivity index (χ0) is 13.7. The van der Waals surface area contributed by atoms with Crippen LogP contribution in [0.1, 0.15) is 30.3 Å². The van der Waals surface area contributed by atoms with Crippen molar-refractivity contribution in [2.24, 2.45) is 0 Å². The number of carbonyl (C=O) groups is 1. The first-order valence-electron chi connectivity index (χ1n) is 5.17. The number of nitrogens with zero attached hydrogens (tertiary/aromatic N) is 1. The Morgan fingerprint density at radius 2 is 2.17 bits per heavy atom. The second kappa shape index (κ2) is 6.58. The first-order valence-corrected chi connectivity index (χ1v) is 5.71. The fraction of sp³-hybridized carbons (Fsp3) is 0.455. The lowest BCUT2D eigenvalue weighted by Crippen LogP contribution is -2.13. The molecular weight excluding hydrogens is 271 g/mol. The van der Waals surface area contributed by atoms with Gasteiger partial charge in [-0.05, 0) is 13.0 Å². The van der Waals surface area contributed by atoms with Crippen LogP contribution in [0.5, 0.6) is 0 Å². The Hall–Kier alpha value is -1.30. The van der Waals surface area contributed by atoms with Crippen LogP contribution in [0.3, 0.4) is 0 Å². The third-order valence-corrected chi connectivity index (χ3v) is 2.39. The van der Waals surface area contributed by atoms with Crippen LogP contribution in [0.2, 0.25) is 0 Å². The Balaban J connectivity index is 3.10. The molecule has 18 heavy (non-hydrogen) atoms. The van der Waals surface area contributed by atoms with E-state index >= 15 is 0 Å². The number of alkyl halides is 3. The third kappa shape index (κ3) is 3.60. The Labute approximate surface area is 107 Å². The molecule has 0 saturated carbocycles. The first-order chi connectivity index (χ1) is 8.49. The SMILES string of the molecule is CCOC(=O)Cc1nc(CCl)c(F)cc1C(F)F. The van der Waals surface area contributed by atoms with Crippen molar-refractivity contribution < 1.29 is 22.7 Å². The minimum absolute atomic E-state index is 0.131. The van der Waals surface area contributed by atoms with Crippen LogP contribution in [0.25, 0.3) is 0 Å². The van der Waals surface area contributed by atoms with E-state index in [1.54, 1.807) is 6.92 Å². The molecule has 0 unspecified atom stereocenters. The lowest BCUT2D eigenvalue weighted by molar-refractivity contribution is -0.142. The van der Waals surface area contributed by atoms with E-state index < -0.39 is 30.2 Å². The van der Waals surface area contributed by atoms with E-state index in [-0.39, 0.29) is 23.9 Å². The van der Waals surface area contributed by atoms with Crippen LogP contribution in [0.4, 0.5) is 13.2 Å². The predicted octanol–water partition coefficient (Wildman–Crippen LogP) is 3.00. The maximum atomic E-state index is 13.3. The average molecular weight is 282 g/mol. The topological polar surface area (TPSA) is 39.2 Å². The zero-order valence-electron chi connectivity index (χ0n) is 9.55. The van der Waals surface area contributed by atoms with Gasteiger partial charge in [-0.1, -0.05) is 0 Å². The van der Waals surface area contributed by atoms with Crippen molar-refractivity contribution in [2.75, 3.05) is 6.61 Å². The van der Waals surface area contributed by atoms with E-state index in [0.717, 1.165) is 0 Å². The molecule has 1 heterocycles. The van der Waals surface area contributed by atoms with E-state index in [1.165, 1.54) is 0 Å². The van der Waals surface area contributed by atoms with Gasteiger partial charge < -0.3 is 4.74 Å². The van der Waals surface area contributed by atoms with Crippen molar-refractivity contribution in [3.05, 3.63) is 28.8 Å². The molecule has 0 aromatic carbocycles. The molecule has 0 aliphatic rings. The van der Waals surface area contributed by atoms with Crippen LogP contribution in [-0.4, -0.2) is 17.6 Å². The Morgan fingerprint density at radius 1 is 1.50 bits per heavy atom. The number of hydrogen-bond donors (Lipinski definition) is 0. The van der Waals surface area contributed by atoms with Crippen LogP contribution >= 0.6 is 11.6 Å². The number of esters is 1. The summed E-state index contributed by atoms with van der Waals surface area (Å²) in [7, 11) is 0. The molecule has 0 bridgehead atoms. The van der Waals surface area contributed by atoms with Gasteiger partial charge in [0.25, 0.3) is 6.43 Å². The Kier molecular flexibility index (Phi) is 5.40. The molecule has 0 atom stereocenters. The number of ether oxygens (including phenoxy) is 1. The van der Waals surface area contributed by atoms with Gasteiger partial charge in [0.1, 0.15) is 5.82 Å². The molecule has 0 aliphatic heterocycles. The van der Waals surface area contributed by atoms with Gasteiger partial charge in [0.15, 0.2) is 0 Å². The van der Waals surface area contributed by atoms with Gasteiger partial charge in [0, 0.05) is 5.56 Å². The molecule has 1 aromatic heterocycles. The highest BCUT2D eigenvalue weighted by molar-refractivity contribution is 6.16. The maximum Gasteiger partial charge on any atom is 0.311 e. The fourth-order valence-corrected chi connectivity index (χ4v) is 1.54. The van der Waals surface area contributed by atoms with Crippen molar-refractivity contribution in [1.82, 2.24) is 4.98 Å². The summed E-state index contributed by atoms with van der Waals surface area (Å²) in [6.45, 7) is 1.72. The van der Waals surface area contributed by atoms with E-state index in [2.05, 4.69) is 9.72 Å². The second-order valence-electron chi connectivity index (χ2n) is 3.37. The second-order valence-corrected chi connectivity index (χ2v) is 3.64. The van der Waals surface area contributed by atoms with Gasteiger partial charge in [-0.3, -0.25) is 9.78 Å². The minimum Gasteiger partial charge on any atom is -0.466 e. The van der Waals surface area contributed by atoms with Gasteiger partial charge in [0.05, 0.1) is 30.3 Å². The summed E-state index contributed by atoms with van der Waals surface area (Å²) in [5, 5.41) is 0. The van der Waals surface area contributed by atoms with Crippen molar-refractivity contribution in [1.29, 1.82) is 0 Å². The summed E-state index contributed by atoms with van der Waals surface area (Å²) >= 11 is 5.43. The molecule has 7 heteroatoms. The molecule has 100 valence electrons. The quantitative estimate of drug-likeness (QED) is 0.615. The number of hydrogen-bond acceptors (Lipinski definition) is 3. The summed E-state index contributed by atoms with van der Waals surface area (Å²) in [5.74, 6) is -1.86. The molecule has 0 aliphatic carbocycles. The van der Waals surface area contributed by atoms with Crippen molar-refractivity contribution >= 4 is 17.6 Å². The van der Waals surface area contributed by atoms with Gasteiger partial charge >= 0.3 is 5.97 Å². The van der Waals surface area contributed by atoms with Gasteiger partial charge in [-0.25, -0.2) is 13.2 Å². The molecule has 1 rings (SSSR count). The molecule has 0 fully saturated rings. The molecule has 3 nitrogen and oxygen atoms in total. The zero-order valence-corrected chi connectivity index (χ0v) is 10.3.